The van der Waals surface area contributed by atoms with Gasteiger partial charge in [0.15, 0.2) is 0 Å². The molecule has 266 valence electrons. The highest BCUT2D eigenvalue weighted by molar-refractivity contribution is 5.92. The number of allylic oxidation sites excluding steroid dienone is 4. The molecule has 5 aromatic carbocycles. The van der Waals surface area contributed by atoms with Gasteiger partial charge in [-0.1, -0.05) is 140 Å². The molecule has 5 heterocycles. The molecule has 0 saturated carbocycles. The molecule has 11 rings (SSSR count). The number of nitrogens with one attached hydrogen (secondary N) is 7. The van der Waals surface area contributed by atoms with E-state index in [1.165, 1.54) is 55.3 Å². The molecule has 0 fully saturated rings. The third kappa shape index (κ3) is 5.73. The zero-order chi connectivity index (χ0) is 36.3. The van der Waals surface area contributed by atoms with Crippen LogP contribution in [-0.4, -0.2) is 12.1 Å². The Labute approximate surface area is 320 Å². The van der Waals surface area contributed by atoms with Crippen LogP contribution in [0.3, 0.4) is 0 Å². The zero-order valence-corrected chi connectivity index (χ0v) is 30.0. The van der Waals surface area contributed by atoms with Crippen molar-refractivity contribution in [2.75, 3.05) is 16.0 Å². The highest BCUT2D eigenvalue weighted by atomic mass is 15.6. The van der Waals surface area contributed by atoms with E-state index in [9.17, 15) is 0 Å². The third-order valence-electron chi connectivity index (χ3n) is 11.4. The van der Waals surface area contributed by atoms with E-state index in [1.807, 2.05) is 6.20 Å². The molecule has 0 radical (unpaired) electrons. The Hall–Kier alpha value is -6.96. The number of hydrogen-bond acceptors (Lipinski definition) is 7. The van der Waals surface area contributed by atoms with Crippen LogP contribution in [0, 0.1) is 0 Å². The van der Waals surface area contributed by atoms with E-state index in [1.54, 1.807) is 0 Å². The highest BCUT2D eigenvalue weighted by Crippen LogP contribution is 2.43. The van der Waals surface area contributed by atoms with Crippen LogP contribution >= 0.6 is 0 Å². The first kappa shape index (κ1) is 31.6. The van der Waals surface area contributed by atoms with Gasteiger partial charge in [-0.3, -0.25) is 0 Å². The predicted molar refractivity (Wildman–Crippen MR) is 228 cm³/mol. The van der Waals surface area contributed by atoms with Crippen molar-refractivity contribution in [3.8, 4) is 0 Å². The first-order valence-corrected chi connectivity index (χ1v) is 19.0. The van der Waals surface area contributed by atoms with Gasteiger partial charge in [-0.05, 0) is 85.1 Å². The third-order valence-corrected chi connectivity index (χ3v) is 11.4. The molecule has 0 saturated heterocycles. The number of anilines is 3. The fourth-order valence-electron chi connectivity index (χ4n) is 8.41. The number of hydrazine groups is 2. The second-order valence-electron chi connectivity index (χ2n) is 14.8. The highest BCUT2D eigenvalue weighted by Gasteiger charge is 2.25. The summed E-state index contributed by atoms with van der Waals surface area (Å²) in [4.78, 5) is 0. The van der Waals surface area contributed by atoms with Crippen molar-refractivity contribution in [1.29, 1.82) is 0 Å². The normalized spacial score (nSPS) is 22.4. The van der Waals surface area contributed by atoms with Crippen molar-refractivity contribution < 1.29 is 0 Å². The Morgan fingerprint density at radius 1 is 0.491 bits per heavy atom. The Balaban J connectivity index is 0.811. The van der Waals surface area contributed by atoms with Gasteiger partial charge in [0.1, 0.15) is 0 Å². The largest absolute Gasteiger partial charge is 0.374 e. The van der Waals surface area contributed by atoms with E-state index in [0.717, 1.165) is 34.0 Å². The van der Waals surface area contributed by atoms with Gasteiger partial charge >= 0.3 is 0 Å². The maximum atomic E-state index is 3.88. The van der Waals surface area contributed by atoms with Gasteiger partial charge in [-0.2, -0.15) is 5.53 Å². The van der Waals surface area contributed by atoms with E-state index in [2.05, 4.69) is 202 Å². The second-order valence-corrected chi connectivity index (χ2v) is 14.8. The first-order valence-electron chi connectivity index (χ1n) is 19.0. The Kier molecular flexibility index (Phi) is 7.38. The van der Waals surface area contributed by atoms with E-state index in [-0.39, 0.29) is 24.2 Å². The van der Waals surface area contributed by atoms with Crippen molar-refractivity contribution in [1.82, 2.24) is 21.7 Å². The zero-order valence-electron chi connectivity index (χ0n) is 30.0. The van der Waals surface area contributed by atoms with Crippen molar-refractivity contribution in [2.45, 2.75) is 24.2 Å². The van der Waals surface area contributed by atoms with Gasteiger partial charge in [0.2, 0.25) is 0 Å². The maximum Gasteiger partial charge on any atom is 0.0877 e. The van der Waals surface area contributed by atoms with Gasteiger partial charge in [-0.15, -0.1) is 0 Å². The molecule has 55 heavy (non-hydrogen) atoms. The molecule has 5 aliphatic heterocycles. The van der Waals surface area contributed by atoms with E-state index >= 15 is 0 Å². The average Bonchev–Trinajstić information content (AvgIpc) is 3.81. The summed E-state index contributed by atoms with van der Waals surface area (Å²) in [6.45, 7) is 0. The number of dihydropyridines is 1. The Bertz CT molecular complexity index is 2660. The number of hydrogen-bond donors (Lipinski definition) is 7. The smallest absolute Gasteiger partial charge is 0.0877 e. The standard InChI is InChI=1S/C48H39N7/c1-2-4-29(5-3-1)40-21-18-32-8-9-33-19-22-42(53-48(33)47(32)52-40)38-15-13-34-24-35(11-12-36(34)25-38)37-10-6-30-16-20-41(50-44(30)26-37)39-14-7-31-17-23-43(51-45(31)27-39)46-28-49-55-54-46/h1-28,40,42-44,49-55H. The summed E-state index contributed by atoms with van der Waals surface area (Å²) in [5.41, 5.74) is 25.6. The van der Waals surface area contributed by atoms with Gasteiger partial charge in [0.25, 0.3) is 0 Å². The van der Waals surface area contributed by atoms with E-state index in [0.29, 0.717) is 0 Å². The minimum absolute atomic E-state index is 0.0693. The van der Waals surface area contributed by atoms with Crippen LogP contribution in [-0.2, 0) is 0 Å². The Morgan fingerprint density at radius 3 is 2.04 bits per heavy atom. The predicted octanol–water partition coefficient (Wildman–Crippen LogP) is 9.35. The van der Waals surface area contributed by atoms with Gasteiger partial charge in [0.05, 0.1) is 41.2 Å². The first-order chi connectivity index (χ1) is 27.2. The SMILES string of the molecule is C1=CC2=CC=C(c3ccc4c(c3)NC(C3=CNNN3)C=C4)NC2C=C1c1ccc2cc(C3C=Cc4ccc5c(c4N3)NC(c3ccccc3)C=C5)ccc2c1. The van der Waals surface area contributed by atoms with Gasteiger partial charge in [0, 0.05) is 17.6 Å². The summed E-state index contributed by atoms with van der Waals surface area (Å²) in [5.74, 6) is 0. The van der Waals surface area contributed by atoms with E-state index < -0.39 is 0 Å². The molecule has 0 amide bonds. The Morgan fingerprint density at radius 2 is 1.22 bits per heavy atom. The van der Waals surface area contributed by atoms with Crippen molar-refractivity contribution in [3.05, 3.63) is 202 Å². The van der Waals surface area contributed by atoms with Crippen LogP contribution in [0.1, 0.15) is 51.0 Å². The molecule has 0 spiro atoms. The number of rotatable bonds is 5. The van der Waals surface area contributed by atoms with Crippen molar-refractivity contribution in [3.63, 3.8) is 0 Å². The summed E-state index contributed by atoms with van der Waals surface area (Å²) >= 11 is 0. The lowest BCUT2D eigenvalue weighted by Crippen LogP contribution is -2.36. The molecule has 7 N–H and O–H groups in total. The molecule has 7 nitrogen and oxygen atoms in total. The van der Waals surface area contributed by atoms with Crippen LogP contribution in [0.15, 0.2) is 163 Å². The van der Waals surface area contributed by atoms with Crippen LogP contribution in [0.4, 0.5) is 17.1 Å². The summed E-state index contributed by atoms with van der Waals surface area (Å²) in [6.07, 6.45) is 26.6. The van der Waals surface area contributed by atoms with Crippen molar-refractivity contribution >= 4 is 57.3 Å². The summed E-state index contributed by atoms with van der Waals surface area (Å²) in [7, 11) is 0. The molecule has 1 aliphatic carbocycles. The second kappa shape index (κ2) is 12.9. The monoisotopic (exact) mass is 713 g/mol. The number of benzene rings is 5. The fourth-order valence-corrected chi connectivity index (χ4v) is 8.41. The molecule has 6 aliphatic rings. The molecule has 4 atom stereocenters. The maximum absolute atomic E-state index is 3.88. The van der Waals surface area contributed by atoms with Gasteiger partial charge in [-0.25, -0.2) is 0 Å². The van der Waals surface area contributed by atoms with Gasteiger partial charge < -0.3 is 32.1 Å². The van der Waals surface area contributed by atoms with Crippen molar-refractivity contribution in [2.24, 2.45) is 0 Å². The molecule has 7 heteroatoms. The fraction of sp³-hybridized carbons (Fsp3) is 0.0833. The van der Waals surface area contributed by atoms with Crippen LogP contribution in [0.25, 0.3) is 40.3 Å². The molecule has 0 bridgehead atoms. The summed E-state index contributed by atoms with van der Waals surface area (Å²) in [5, 5.41) is 17.6. The minimum atomic E-state index is 0.0693. The van der Waals surface area contributed by atoms with Crippen LogP contribution in [0.2, 0.25) is 0 Å². The lowest BCUT2D eigenvalue weighted by atomic mass is 9.89. The van der Waals surface area contributed by atoms with E-state index in [4.69, 9.17) is 0 Å². The molecule has 5 aromatic rings. The topological polar surface area (TPSA) is 84.2 Å². The molecular weight excluding hydrogens is 675 g/mol. The minimum Gasteiger partial charge on any atom is -0.374 e. The quantitative estimate of drug-likeness (QED) is 0.0978. The molecule has 4 unspecified atom stereocenters. The lowest BCUT2D eigenvalue weighted by molar-refractivity contribution is 0.590. The number of fused-ring (bicyclic) bond motifs is 6. The molecular formula is C48H39N7. The lowest BCUT2D eigenvalue weighted by Gasteiger charge is -2.30. The summed E-state index contributed by atoms with van der Waals surface area (Å²) < 4.78 is 0. The average molecular weight is 714 g/mol. The van der Waals surface area contributed by atoms with Crippen LogP contribution in [0.5, 0.6) is 0 Å². The summed E-state index contributed by atoms with van der Waals surface area (Å²) in [6, 6.07) is 35.7. The molecule has 0 aromatic heterocycles. The van der Waals surface area contributed by atoms with Crippen LogP contribution < -0.4 is 37.7 Å².